The minimum Gasteiger partial charge on any atom is -0.445 e. The molecular weight excluding hydrogens is 142 g/mol. The standard InChI is InChI=1S/C6H9NO2.C2H6/c1-4-3-9-6(8)7-5(4)2;1-2/h3H2,1-2H3,(H,7,8);1-2H3. The van der Waals surface area contributed by atoms with Crippen molar-refractivity contribution in [2.75, 3.05) is 6.61 Å². The van der Waals surface area contributed by atoms with Gasteiger partial charge >= 0.3 is 6.09 Å². The zero-order chi connectivity index (χ0) is 8.85. The van der Waals surface area contributed by atoms with Crippen molar-refractivity contribution in [2.45, 2.75) is 27.7 Å². The summed E-state index contributed by atoms with van der Waals surface area (Å²) in [7, 11) is 0. The average molecular weight is 157 g/mol. The summed E-state index contributed by atoms with van der Waals surface area (Å²) in [6, 6.07) is 0. The number of hydrogen-bond acceptors (Lipinski definition) is 2. The molecule has 0 aromatic heterocycles. The lowest BCUT2D eigenvalue weighted by Crippen LogP contribution is -2.29. The number of rotatable bonds is 0. The molecule has 0 aromatic carbocycles. The molecule has 0 saturated heterocycles. The lowest BCUT2D eigenvalue weighted by Gasteiger charge is -2.15. The van der Waals surface area contributed by atoms with E-state index in [4.69, 9.17) is 0 Å². The Morgan fingerprint density at radius 1 is 1.36 bits per heavy atom. The Morgan fingerprint density at radius 2 is 1.91 bits per heavy atom. The molecule has 0 radical (unpaired) electrons. The second-order valence-electron chi connectivity index (χ2n) is 2.11. The van der Waals surface area contributed by atoms with Crippen molar-refractivity contribution in [3.05, 3.63) is 11.3 Å². The molecule has 3 nitrogen and oxygen atoms in total. The van der Waals surface area contributed by atoms with Crippen LogP contribution < -0.4 is 5.32 Å². The molecule has 0 fully saturated rings. The third kappa shape index (κ3) is 3.07. The number of amides is 1. The predicted octanol–water partition coefficient (Wildman–Crippen LogP) is 2.05. The molecule has 1 amide bonds. The number of allylic oxidation sites excluding steroid dienone is 1. The van der Waals surface area contributed by atoms with E-state index in [1.807, 2.05) is 27.7 Å². The van der Waals surface area contributed by atoms with Gasteiger partial charge in [0.05, 0.1) is 0 Å². The van der Waals surface area contributed by atoms with E-state index in [9.17, 15) is 4.79 Å². The number of carbonyl (C=O) groups is 1. The van der Waals surface area contributed by atoms with Gasteiger partial charge in [-0.15, -0.1) is 0 Å². The van der Waals surface area contributed by atoms with Crippen LogP contribution in [0.4, 0.5) is 4.79 Å². The van der Waals surface area contributed by atoms with Crippen molar-refractivity contribution in [3.63, 3.8) is 0 Å². The van der Waals surface area contributed by atoms with Gasteiger partial charge in [-0.05, 0) is 19.4 Å². The second kappa shape index (κ2) is 4.77. The molecule has 64 valence electrons. The highest BCUT2D eigenvalue weighted by molar-refractivity contribution is 5.71. The number of cyclic esters (lactones) is 1. The fourth-order valence-corrected chi connectivity index (χ4v) is 0.578. The third-order valence-electron chi connectivity index (χ3n) is 1.35. The van der Waals surface area contributed by atoms with Crippen LogP contribution in [0.3, 0.4) is 0 Å². The number of carbonyl (C=O) groups excluding carboxylic acids is 1. The Balaban J connectivity index is 0.000000461. The number of ether oxygens (including phenoxy) is 1. The molecule has 1 rings (SSSR count). The van der Waals surface area contributed by atoms with E-state index in [-0.39, 0.29) is 6.09 Å². The molecule has 1 N–H and O–H groups in total. The van der Waals surface area contributed by atoms with Crippen molar-refractivity contribution in [3.8, 4) is 0 Å². The van der Waals surface area contributed by atoms with E-state index >= 15 is 0 Å². The number of hydrogen-bond donors (Lipinski definition) is 1. The largest absolute Gasteiger partial charge is 0.445 e. The summed E-state index contributed by atoms with van der Waals surface area (Å²) in [5.41, 5.74) is 1.99. The summed E-state index contributed by atoms with van der Waals surface area (Å²) in [5.74, 6) is 0. The van der Waals surface area contributed by atoms with Gasteiger partial charge in [0.15, 0.2) is 0 Å². The van der Waals surface area contributed by atoms with Gasteiger partial charge in [-0.25, -0.2) is 4.79 Å². The molecule has 1 aliphatic rings. The average Bonchev–Trinajstić information content (AvgIpc) is 2.02. The monoisotopic (exact) mass is 157 g/mol. The first-order valence-corrected chi connectivity index (χ1v) is 3.80. The van der Waals surface area contributed by atoms with Crippen molar-refractivity contribution in [2.24, 2.45) is 0 Å². The molecule has 1 heterocycles. The lowest BCUT2D eigenvalue weighted by molar-refractivity contribution is 0.152. The van der Waals surface area contributed by atoms with Crippen LogP contribution in [0.5, 0.6) is 0 Å². The molecule has 11 heavy (non-hydrogen) atoms. The van der Waals surface area contributed by atoms with Gasteiger partial charge in [-0.2, -0.15) is 0 Å². The fraction of sp³-hybridized carbons (Fsp3) is 0.625. The van der Waals surface area contributed by atoms with Crippen LogP contribution >= 0.6 is 0 Å². The zero-order valence-electron chi connectivity index (χ0n) is 7.52. The van der Waals surface area contributed by atoms with Crippen molar-refractivity contribution in [1.82, 2.24) is 5.32 Å². The van der Waals surface area contributed by atoms with E-state index in [0.29, 0.717) is 6.61 Å². The quantitative estimate of drug-likeness (QED) is 0.584. The Morgan fingerprint density at radius 3 is 2.27 bits per heavy atom. The summed E-state index contributed by atoms with van der Waals surface area (Å²) in [5, 5.41) is 2.55. The van der Waals surface area contributed by atoms with Gasteiger partial charge in [0.25, 0.3) is 0 Å². The Bertz CT molecular complexity index is 173. The lowest BCUT2D eigenvalue weighted by atomic mass is 10.2. The summed E-state index contributed by atoms with van der Waals surface area (Å²) in [6.07, 6.45) is -0.349. The molecule has 1 aliphatic heterocycles. The minimum absolute atomic E-state index is 0.349. The Labute approximate surface area is 67.4 Å². The molecule has 0 aliphatic carbocycles. The number of alkyl carbamates (subject to hydrolysis) is 1. The first-order valence-electron chi connectivity index (χ1n) is 3.80. The van der Waals surface area contributed by atoms with E-state index in [1.54, 1.807) is 0 Å². The van der Waals surface area contributed by atoms with E-state index in [0.717, 1.165) is 11.3 Å². The molecule has 3 heteroatoms. The molecular formula is C8H15NO2. The third-order valence-corrected chi connectivity index (χ3v) is 1.35. The summed E-state index contributed by atoms with van der Waals surface area (Å²) >= 11 is 0. The van der Waals surface area contributed by atoms with Crippen molar-refractivity contribution < 1.29 is 9.53 Å². The molecule has 0 atom stereocenters. The minimum atomic E-state index is -0.349. The maximum absolute atomic E-state index is 10.5. The maximum Gasteiger partial charge on any atom is 0.411 e. The first-order chi connectivity index (χ1) is 5.20. The van der Waals surface area contributed by atoms with Gasteiger partial charge < -0.3 is 4.74 Å². The SMILES string of the molecule is CC.CC1=C(C)NC(=O)OC1. The van der Waals surface area contributed by atoms with Crippen molar-refractivity contribution in [1.29, 1.82) is 0 Å². The smallest absolute Gasteiger partial charge is 0.411 e. The van der Waals surface area contributed by atoms with Crippen LogP contribution in [0, 0.1) is 0 Å². The topological polar surface area (TPSA) is 38.3 Å². The van der Waals surface area contributed by atoms with Gasteiger partial charge in [-0.1, -0.05) is 13.8 Å². The molecule has 0 spiro atoms. The van der Waals surface area contributed by atoms with Gasteiger partial charge in [0.2, 0.25) is 0 Å². The summed E-state index contributed by atoms with van der Waals surface area (Å²) in [4.78, 5) is 10.5. The van der Waals surface area contributed by atoms with Crippen LogP contribution in [0.1, 0.15) is 27.7 Å². The Hall–Kier alpha value is -0.990. The van der Waals surface area contributed by atoms with E-state index < -0.39 is 0 Å². The Kier molecular flexibility index (Phi) is 4.34. The summed E-state index contributed by atoms with van der Waals surface area (Å²) in [6.45, 7) is 8.21. The van der Waals surface area contributed by atoms with Gasteiger partial charge in [0.1, 0.15) is 6.61 Å². The molecule has 0 unspecified atom stereocenters. The molecule has 0 bridgehead atoms. The van der Waals surface area contributed by atoms with Crippen LogP contribution in [0.25, 0.3) is 0 Å². The van der Waals surface area contributed by atoms with Gasteiger partial charge in [0, 0.05) is 5.70 Å². The predicted molar refractivity (Wildman–Crippen MR) is 44.2 cm³/mol. The zero-order valence-corrected chi connectivity index (χ0v) is 7.52. The molecule has 0 aromatic rings. The van der Waals surface area contributed by atoms with E-state index in [1.165, 1.54) is 0 Å². The summed E-state index contributed by atoms with van der Waals surface area (Å²) < 4.78 is 4.65. The van der Waals surface area contributed by atoms with Crippen LogP contribution in [-0.4, -0.2) is 12.7 Å². The van der Waals surface area contributed by atoms with Crippen LogP contribution in [0.15, 0.2) is 11.3 Å². The van der Waals surface area contributed by atoms with E-state index in [2.05, 4.69) is 10.1 Å². The van der Waals surface area contributed by atoms with Crippen LogP contribution in [0.2, 0.25) is 0 Å². The van der Waals surface area contributed by atoms with Crippen LogP contribution in [-0.2, 0) is 4.74 Å². The highest BCUT2D eigenvalue weighted by Crippen LogP contribution is 2.05. The maximum atomic E-state index is 10.5. The normalized spacial score (nSPS) is 16.2. The molecule has 0 saturated carbocycles. The van der Waals surface area contributed by atoms with Gasteiger partial charge in [-0.3, -0.25) is 5.32 Å². The highest BCUT2D eigenvalue weighted by atomic mass is 16.5. The van der Waals surface area contributed by atoms with Crippen molar-refractivity contribution >= 4 is 6.09 Å². The second-order valence-corrected chi connectivity index (χ2v) is 2.11. The number of nitrogens with one attached hydrogen (secondary N) is 1. The fourth-order valence-electron chi connectivity index (χ4n) is 0.578. The highest BCUT2D eigenvalue weighted by Gasteiger charge is 2.10. The first kappa shape index (κ1) is 10.0.